The maximum Gasteiger partial charge on any atom is 0.148 e. The highest BCUT2D eigenvalue weighted by Gasteiger charge is 2.08. The van der Waals surface area contributed by atoms with E-state index in [1.54, 1.807) is 0 Å². The lowest BCUT2D eigenvalue weighted by Crippen LogP contribution is -2.14. The zero-order chi connectivity index (χ0) is 13.8. The van der Waals surface area contributed by atoms with Gasteiger partial charge in [-0.05, 0) is 25.5 Å². The van der Waals surface area contributed by atoms with Crippen molar-refractivity contribution in [2.45, 2.75) is 20.4 Å². The average molecular weight is 278 g/mol. The molecule has 1 aromatic heterocycles. The Morgan fingerprint density at radius 3 is 2.53 bits per heavy atom. The Morgan fingerprint density at radius 1 is 1.16 bits per heavy atom. The molecule has 0 radical (unpaired) electrons. The largest absolute Gasteiger partial charge is 0.366 e. The number of hydrazine groups is 1. The van der Waals surface area contributed by atoms with Crippen LogP contribution in [0.25, 0.3) is 0 Å². The second kappa shape index (κ2) is 5.86. The molecule has 1 aromatic carbocycles. The summed E-state index contributed by atoms with van der Waals surface area (Å²) in [7, 11) is 0. The van der Waals surface area contributed by atoms with E-state index >= 15 is 0 Å². The van der Waals surface area contributed by atoms with E-state index in [1.165, 1.54) is 0 Å². The fourth-order valence-electron chi connectivity index (χ4n) is 1.76. The van der Waals surface area contributed by atoms with Crippen LogP contribution >= 0.6 is 11.6 Å². The number of nitrogens with two attached hydrogens (primary N) is 1. The van der Waals surface area contributed by atoms with Gasteiger partial charge in [-0.3, -0.25) is 0 Å². The Kier molecular flexibility index (Phi) is 4.19. The second-order valence-electron chi connectivity index (χ2n) is 4.18. The predicted molar refractivity (Wildman–Crippen MR) is 78.1 cm³/mol. The van der Waals surface area contributed by atoms with Crippen molar-refractivity contribution < 1.29 is 0 Å². The van der Waals surface area contributed by atoms with Crippen LogP contribution in [-0.4, -0.2) is 9.97 Å². The Labute approximate surface area is 117 Å². The number of nitrogens with one attached hydrogen (secondary N) is 2. The average Bonchev–Trinajstić information content (AvgIpc) is 2.41. The van der Waals surface area contributed by atoms with E-state index in [9.17, 15) is 0 Å². The minimum atomic E-state index is 0.598. The third-order valence-electron chi connectivity index (χ3n) is 2.80. The molecule has 0 aliphatic carbocycles. The molecular formula is C13H16ClN5. The van der Waals surface area contributed by atoms with Gasteiger partial charge in [0.1, 0.15) is 17.5 Å². The Hall–Kier alpha value is -1.85. The van der Waals surface area contributed by atoms with E-state index < -0.39 is 0 Å². The molecule has 0 atom stereocenters. The fraction of sp³-hybridized carbons (Fsp3) is 0.231. The molecule has 0 aliphatic rings. The fourth-order valence-corrected chi connectivity index (χ4v) is 1.96. The van der Waals surface area contributed by atoms with Crippen molar-refractivity contribution in [2.75, 3.05) is 10.7 Å². The molecule has 6 heteroatoms. The van der Waals surface area contributed by atoms with Crippen LogP contribution in [-0.2, 0) is 6.54 Å². The van der Waals surface area contributed by atoms with Gasteiger partial charge in [-0.2, -0.15) is 0 Å². The van der Waals surface area contributed by atoms with Gasteiger partial charge in [-0.25, -0.2) is 15.8 Å². The van der Waals surface area contributed by atoms with Gasteiger partial charge in [0.2, 0.25) is 0 Å². The van der Waals surface area contributed by atoms with Crippen LogP contribution in [0.3, 0.4) is 0 Å². The van der Waals surface area contributed by atoms with Crippen molar-refractivity contribution in [3.63, 3.8) is 0 Å². The molecule has 0 unspecified atom stereocenters. The summed E-state index contributed by atoms with van der Waals surface area (Å²) < 4.78 is 0. The topological polar surface area (TPSA) is 75.9 Å². The molecule has 100 valence electrons. The standard InChI is InChI=1S/C13H16ClN5/c1-8-12(17-9(2)18-13(8)19-15)16-7-10-5-3-4-6-11(10)14/h3-6H,7,15H2,1-2H3,(H2,16,17,18,19). The molecule has 2 aromatic rings. The maximum atomic E-state index is 6.11. The third-order valence-corrected chi connectivity index (χ3v) is 3.17. The molecular weight excluding hydrogens is 262 g/mol. The first-order valence-electron chi connectivity index (χ1n) is 5.91. The van der Waals surface area contributed by atoms with Crippen molar-refractivity contribution in [1.82, 2.24) is 9.97 Å². The van der Waals surface area contributed by atoms with Gasteiger partial charge in [0, 0.05) is 17.1 Å². The number of hydrogen-bond acceptors (Lipinski definition) is 5. The van der Waals surface area contributed by atoms with E-state index in [2.05, 4.69) is 20.7 Å². The van der Waals surface area contributed by atoms with Crippen LogP contribution in [0.1, 0.15) is 17.0 Å². The van der Waals surface area contributed by atoms with Gasteiger partial charge < -0.3 is 10.7 Å². The first-order chi connectivity index (χ1) is 9.11. The zero-order valence-corrected chi connectivity index (χ0v) is 11.6. The van der Waals surface area contributed by atoms with Gasteiger partial charge in [0.25, 0.3) is 0 Å². The van der Waals surface area contributed by atoms with Crippen LogP contribution in [0.15, 0.2) is 24.3 Å². The highest BCUT2D eigenvalue weighted by atomic mass is 35.5. The number of nitrogens with zero attached hydrogens (tertiary/aromatic N) is 2. The summed E-state index contributed by atoms with van der Waals surface area (Å²) in [5, 5.41) is 3.99. The number of hydrogen-bond donors (Lipinski definition) is 3. The lowest BCUT2D eigenvalue weighted by atomic mass is 10.2. The first kappa shape index (κ1) is 13.6. The maximum absolute atomic E-state index is 6.11. The van der Waals surface area contributed by atoms with Crippen molar-refractivity contribution in [3.05, 3.63) is 46.2 Å². The van der Waals surface area contributed by atoms with Gasteiger partial charge >= 0.3 is 0 Å². The smallest absolute Gasteiger partial charge is 0.148 e. The lowest BCUT2D eigenvalue weighted by molar-refractivity contribution is 0.998. The van der Waals surface area contributed by atoms with Crippen molar-refractivity contribution in [2.24, 2.45) is 5.84 Å². The summed E-state index contributed by atoms with van der Waals surface area (Å²) in [6.07, 6.45) is 0. The number of aromatic nitrogens is 2. The Bertz CT molecular complexity index is 585. The van der Waals surface area contributed by atoms with Gasteiger partial charge in [0.05, 0.1) is 0 Å². The lowest BCUT2D eigenvalue weighted by Gasteiger charge is -2.13. The van der Waals surface area contributed by atoms with Gasteiger partial charge in [-0.1, -0.05) is 29.8 Å². The van der Waals surface area contributed by atoms with Crippen molar-refractivity contribution in [1.29, 1.82) is 0 Å². The van der Waals surface area contributed by atoms with E-state index in [0.717, 1.165) is 22.0 Å². The molecule has 0 saturated heterocycles. The second-order valence-corrected chi connectivity index (χ2v) is 4.59. The molecule has 4 N–H and O–H groups in total. The normalized spacial score (nSPS) is 10.3. The molecule has 0 spiro atoms. The molecule has 0 amide bonds. The number of anilines is 2. The van der Waals surface area contributed by atoms with E-state index in [4.69, 9.17) is 17.4 Å². The molecule has 0 saturated carbocycles. The first-order valence-corrected chi connectivity index (χ1v) is 6.28. The Balaban J connectivity index is 2.20. The van der Waals surface area contributed by atoms with Crippen molar-refractivity contribution >= 4 is 23.2 Å². The van der Waals surface area contributed by atoms with Crippen LogP contribution in [0.4, 0.5) is 11.6 Å². The summed E-state index contributed by atoms with van der Waals surface area (Å²) in [5.41, 5.74) is 4.46. The molecule has 1 heterocycles. The summed E-state index contributed by atoms with van der Waals surface area (Å²) in [5.74, 6) is 7.45. The molecule has 0 bridgehead atoms. The minimum absolute atomic E-state index is 0.598. The number of nitrogen functional groups attached to an aromatic ring is 1. The van der Waals surface area contributed by atoms with Crippen LogP contribution < -0.4 is 16.6 Å². The van der Waals surface area contributed by atoms with Gasteiger partial charge in [-0.15, -0.1) is 0 Å². The van der Waals surface area contributed by atoms with Gasteiger partial charge in [0.15, 0.2) is 0 Å². The molecule has 19 heavy (non-hydrogen) atoms. The quantitative estimate of drug-likeness (QED) is 0.592. The minimum Gasteiger partial charge on any atom is -0.366 e. The Morgan fingerprint density at radius 2 is 1.84 bits per heavy atom. The molecule has 0 aliphatic heterocycles. The van der Waals surface area contributed by atoms with E-state index in [1.807, 2.05) is 38.1 Å². The number of aryl methyl sites for hydroxylation is 1. The highest BCUT2D eigenvalue weighted by molar-refractivity contribution is 6.31. The zero-order valence-electron chi connectivity index (χ0n) is 10.9. The summed E-state index contributed by atoms with van der Waals surface area (Å²) in [6, 6.07) is 7.69. The predicted octanol–water partition coefficient (Wildman–Crippen LogP) is 2.64. The van der Waals surface area contributed by atoms with E-state index in [0.29, 0.717) is 18.2 Å². The molecule has 2 rings (SSSR count). The highest BCUT2D eigenvalue weighted by Crippen LogP contribution is 2.21. The molecule has 0 fully saturated rings. The summed E-state index contributed by atoms with van der Waals surface area (Å²) in [4.78, 5) is 8.58. The van der Waals surface area contributed by atoms with Crippen molar-refractivity contribution in [3.8, 4) is 0 Å². The monoisotopic (exact) mass is 277 g/mol. The number of halogens is 1. The summed E-state index contributed by atoms with van der Waals surface area (Å²) >= 11 is 6.11. The molecule has 5 nitrogen and oxygen atoms in total. The van der Waals surface area contributed by atoms with Crippen LogP contribution in [0.5, 0.6) is 0 Å². The van der Waals surface area contributed by atoms with E-state index in [-0.39, 0.29) is 0 Å². The van der Waals surface area contributed by atoms with Crippen LogP contribution in [0, 0.1) is 13.8 Å². The SMILES string of the molecule is Cc1nc(NN)c(C)c(NCc2ccccc2Cl)n1. The number of benzene rings is 1. The third kappa shape index (κ3) is 3.13. The number of rotatable bonds is 4. The van der Waals surface area contributed by atoms with Crippen LogP contribution in [0.2, 0.25) is 5.02 Å². The summed E-state index contributed by atoms with van der Waals surface area (Å²) in [6.45, 7) is 4.32.